The van der Waals surface area contributed by atoms with Crippen LogP contribution in [0.5, 0.6) is 0 Å². The molecule has 0 N–H and O–H groups in total. The highest BCUT2D eigenvalue weighted by atomic mass is 127. The molecule has 0 fully saturated rings. The van der Waals surface area contributed by atoms with Gasteiger partial charge in [-0.1, -0.05) is 13.0 Å². The Bertz CT molecular complexity index is 348. The average Bonchev–Trinajstić information content (AvgIpc) is 2.38. The van der Waals surface area contributed by atoms with Crippen LogP contribution in [0.25, 0.3) is 0 Å². The van der Waals surface area contributed by atoms with E-state index < -0.39 is 0 Å². The third kappa shape index (κ3) is 2.53. The Morgan fingerprint density at radius 3 is 3.00 bits per heavy atom. The van der Waals surface area contributed by atoms with Crippen LogP contribution >= 0.6 is 22.6 Å². The van der Waals surface area contributed by atoms with Gasteiger partial charge in [0.05, 0.1) is 0 Å². The highest BCUT2D eigenvalue weighted by Crippen LogP contribution is 2.28. The van der Waals surface area contributed by atoms with Crippen molar-refractivity contribution in [3.8, 4) is 0 Å². The first-order chi connectivity index (χ1) is 7.20. The van der Waals surface area contributed by atoms with E-state index in [1.807, 2.05) is 0 Å². The van der Waals surface area contributed by atoms with Gasteiger partial charge in [-0.25, -0.2) is 0 Å². The van der Waals surface area contributed by atoms with Gasteiger partial charge in [-0.2, -0.15) is 0 Å². The van der Waals surface area contributed by atoms with Crippen LogP contribution in [-0.4, -0.2) is 25.0 Å². The molecular formula is C13H18IN. The van der Waals surface area contributed by atoms with E-state index in [-0.39, 0.29) is 0 Å². The van der Waals surface area contributed by atoms with Gasteiger partial charge in [0.15, 0.2) is 0 Å². The lowest BCUT2D eigenvalue weighted by atomic mass is 9.92. The van der Waals surface area contributed by atoms with E-state index in [1.165, 1.54) is 29.5 Å². The second kappa shape index (κ2) is 4.83. The van der Waals surface area contributed by atoms with Crippen molar-refractivity contribution in [1.29, 1.82) is 0 Å². The smallest absolute Gasteiger partial charge is 0.0133 e. The highest BCUT2D eigenvalue weighted by Gasteiger charge is 2.19. The molecular weight excluding hydrogens is 297 g/mol. The lowest BCUT2D eigenvalue weighted by Crippen LogP contribution is -2.23. The number of fused-ring (bicyclic) bond motifs is 1. The molecule has 1 aliphatic rings. The zero-order chi connectivity index (χ0) is 10.8. The Kier molecular flexibility index (Phi) is 3.67. The number of halogens is 1. The molecule has 1 aliphatic heterocycles. The van der Waals surface area contributed by atoms with Gasteiger partial charge in [0.1, 0.15) is 0 Å². The van der Waals surface area contributed by atoms with E-state index in [2.05, 4.69) is 59.7 Å². The molecule has 0 saturated carbocycles. The van der Waals surface area contributed by atoms with Gasteiger partial charge in [-0.3, -0.25) is 0 Å². The zero-order valence-electron chi connectivity index (χ0n) is 9.46. The molecule has 2 heteroatoms. The molecule has 1 aromatic rings. The Morgan fingerprint density at radius 2 is 2.27 bits per heavy atom. The Morgan fingerprint density at radius 1 is 1.47 bits per heavy atom. The Labute approximate surface area is 106 Å². The minimum Gasteiger partial charge on any atom is -0.305 e. The Hall–Kier alpha value is -0.0900. The van der Waals surface area contributed by atoms with E-state index >= 15 is 0 Å². The fraction of sp³-hybridized carbons (Fsp3) is 0.538. The Balaban J connectivity index is 2.39. The highest BCUT2D eigenvalue weighted by molar-refractivity contribution is 14.1. The van der Waals surface area contributed by atoms with Crippen LogP contribution in [0.4, 0.5) is 0 Å². The summed E-state index contributed by atoms with van der Waals surface area (Å²) in [6.07, 6.45) is 2.46. The van der Waals surface area contributed by atoms with Crippen LogP contribution in [-0.2, 0) is 6.42 Å². The van der Waals surface area contributed by atoms with Gasteiger partial charge < -0.3 is 4.90 Å². The second-order valence-corrected chi connectivity index (χ2v) is 5.71. The standard InChI is InChI=1S/C13H18IN/c1-3-10-9-15(2)7-6-11-4-5-12(14)8-13(10)11/h4-5,8,10H,3,6-7,9H2,1-2H3. The van der Waals surface area contributed by atoms with Crippen molar-refractivity contribution < 1.29 is 0 Å². The zero-order valence-corrected chi connectivity index (χ0v) is 11.6. The lowest BCUT2D eigenvalue weighted by molar-refractivity contribution is 0.322. The number of likely N-dealkylation sites (N-methyl/N-ethyl adjacent to an activating group) is 1. The van der Waals surface area contributed by atoms with Crippen molar-refractivity contribution in [3.63, 3.8) is 0 Å². The summed E-state index contributed by atoms with van der Waals surface area (Å²) in [6, 6.07) is 6.93. The molecule has 2 rings (SSSR count). The summed E-state index contributed by atoms with van der Waals surface area (Å²) in [6.45, 7) is 4.71. The topological polar surface area (TPSA) is 3.24 Å². The number of hydrogen-bond acceptors (Lipinski definition) is 1. The van der Waals surface area contributed by atoms with Crippen LogP contribution in [0.2, 0.25) is 0 Å². The maximum absolute atomic E-state index is 2.46. The molecule has 1 unspecified atom stereocenters. The van der Waals surface area contributed by atoms with E-state index in [1.54, 1.807) is 11.1 Å². The monoisotopic (exact) mass is 315 g/mol. The fourth-order valence-corrected chi connectivity index (χ4v) is 2.91. The molecule has 0 aliphatic carbocycles. The maximum atomic E-state index is 2.46. The van der Waals surface area contributed by atoms with Crippen molar-refractivity contribution in [3.05, 3.63) is 32.9 Å². The van der Waals surface area contributed by atoms with Crippen molar-refractivity contribution in [1.82, 2.24) is 4.90 Å². The third-order valence-corrected chi connectivity index (χ3v) is 4.01. The van der Waals surface area contributed by atoms with E-state index in [0.717, 1.165) is 5.92 Å². The number of benzene rings is 1. The predicted octanol–water partition coefficient (Wildman–Crippen LogP) is 3.27. The van der Waals surface area contributed by atoms with Crippen molar-refractivity contribution >= 4 is 22.6 Å². The number of nitrogens with zero attached hydrogens (tertiary/aromatic N) is 1. The van der Waals surface area contributed by atoms with E-state index in [0.29, 0.717) is 0 Å². The third-order valence-electron chi connectivity index (χ3n) is 3.34. The first-order valence-corrected chi connectivity index (χ1v) is 6.75. The molecule has 0 bridgehead atoms. The largest absolute Gasteiger partial charge is 0.305 e. The molecule has 0 aromatic heterocycles. The average molecular weight is 315 g/mol. The maximum Gasteiger partial charge on any atom is 0.0133 e. The van der Waals surface area contributed by atoms with Gasteiger partial charge in [-0.05, 0) is 71.7 Å². The van der Waals surface area contributed by atoms with Crippen molar-refractivity contribution in [2.75, 3.05) is 20.1 Å². The van der Waals surface area contributed by atoms with Crippen LogP contribution in [0.15, 0.2) is 18.2 Å². The molecule has 1 aromatic carbocycles. The molecule has 82 valence electrons. The molecule has 15 heavy (non-hydrogen) atoms. The molecule has 1 heterocycles. The molecule has 1 atom stereocenters. The van der Waals surface area contributed by atoms with Gasteiger partial charge in [-0.15, -0.1) is 0 Å². The van der Waals surface area contributed by atoms with Crippen molar-refractivity contribution in [2.45, 2.75) is 25.7 Å². The van der Waals surface area contributed by atoms with Gasteiger partial charge in [0.2, 0.25) is 0 Å². The van der Waals surface area contributed by atoms with Crippen LogP contribution < -0.4 is 0 Å². The van der Waals surface area contributed by atoms with Gasteiger partial charge >= 0.3 is 0 Å². The molecule has 0 spiro atoms. The van der Waals surface area contributed by atoms with Crippen LogP contribution in [0, 0.1) is 3.57 Å². The van der Waals surface area contributed by atoms with Crippen molar-refractivity contribution in [2.24, 2.45) is 0 Å². The first kappa shape index (κ1) is 11.4. The molecule has 0 saturated heterocycles. The summed E-state index contributed by atoms with van der Waals surface area (Å²) in [5.41, 5.74) is 3.15. The summed E-state index contributed by atoms with van der Waals surface area (Å²) in [4.78, 5) is 2.46. The number of hydrogen-bond donors (Lipinski definition) is 0. The summed E-state index contributed by atoms with van der Waals surface area (Å²) >= 11 is 2.42. The summed E-state index contributed by atoms with van der Waals surface area (Å²) in [5, 5.41) is 0. The first-order valence-electron chi connectivity index (χ1n) is 5.67. The van der Waals surface area contributed by atoms with E-state index in [4.69, 9.17) is 0 Å². The van der Waals surface area contributed by atoms with Gasteiger partial charge in [0, 0.05) is 16.7 Å². The second-order valence-electron chi connectivity index (χ2n) is 4.46. The quantitative estimate of drug-likeness (QED) is 0.719. The minimum absolute atomic E-state index is 0.724. The van der Waals surface area contributed by atoms with Gasteiger partial charge in [0.25, 0.3) is 0 Å². The summed E-state index contributed by atoms with van der Waals surface area (Å²) < 4.78 is 1.37. The van der Waals surface area contributed by atoms with Crippen LogP contribution in [0.1, 0.15) is 30.4 Å². The predicted molar refractivity (Wildman–Crippen MR) is 73.4 cm³/mol. The minimum atomic E-state index is 0.724. The lowest BCUT2D eigenvalue weighted by Gasteiger charge is -2.19. The molecule has 1 nitrogen and oxygen atoms in total. The van der Waals surface area contributed by atoms with Crippen LogP contribution in [0.3, 0.4) is 0 Å². The normalized spacial score (nSPS) is 22.2. The fourth-order valence-electron chi connectivity index (χ4n) is 2.40. The summed E-state index contributed by atoms with van der Waals surface area (Å²) in [7, 11) is 2.24. The number of rotatable bonds is 1. The molecule has 0 radical (unpaired) electrons. The van der Waals surface area contributed by atoms with E-state index in [9.17, 15) is 0 Å². The molecule has 0 amide bonds. The SMILES string of the molecule is CCC1CN(C)CCc2ccc(I)cc21. The summed E-state index contributed by atoms with van der Waals surface area (Å²) in [5.74, 6) is 0.724.